The molecule has 4 atom stereocenters. The fourth-order valence-electron chi connectivity index (χ4n) is 6.36. The summed E-state index contributed by atoms with van der Waals surface area (Å²) in [5, 5.41) is 0. The molecule has 0 aliphatic carbocycles. The summed E-state index contributed by atoms with van der Waals surface area (Å²) in [5.74, 6) is -0.212. The highest BCUT2D eigenvalue weighted by Crippen LogP contribution is 2.46. The number of carbonyl (C=O) groups excluding carboxylic acids is 2. The van der Waals surface area contributed by atoms with Crippen LogP contribution in [-0.2, 0) is 21.9 Å². The number of nitrogens with zero attached hydrogens (tertiary/aromatic N) is 3. The highest BCUT2D eigenvalue weighted by Gasteiger charge is 2.48. The molecule has 2 amide bonds. The molecule has 2 aromatic rings. The third-order valence-corrected chi connectivity index (χ3v) is 8.75. The van der Waals surface area contributed by atoms with Gasteiger partial charge in [-0.1, -0.05) is 24.3 Å². The number of urea groups is 1. The molecule has 6 nitrogen and oxygen atoms in total. The summed E-state index contributed by atoms with van der Waals surface area (Å²) in [6.45, 7) is 5.16. The van der Waals surface area contributed by atoms with Crippen molar-refractivity contribution in [3.8, 4) is 0 Å². The van der Waals surface area contributed by atoms with Crippen LogP contribution in [0.25, 0.3) is 0 Å². The summed E-state index contributed by atoms with van der Waals surface area (Å²) in [5.41, 5.74) is -0.440. The molecule has 2 saturated heterocycles. The first kappa shape index (κ1) is 29.8. The molecule has 0 radical (unpaired) electrons. The topological polar surface area (TPSA) is 53.1 Å². The van der Waals surface area contributed by atoms with Gasteiger partial charge in [-0.15, -0.1) is 0 Å². The molecule has 3 aliphatic rings. The monoisotopic (exact) mass is 595 g/mol. The molecule has 0 N–H and O–H groups in total. The van der Waals surface area contributed by atoms with Crippen LogP contribution in [0.1, 0.15) is 53.2 Å². The fraction of sp³-hybridized carbons (Fsp3) is 0.467. The fourth-order valence-corrected chi connectivity index (χ4v) is 6.36. The summed E-state index contributed by atoms with van der Waals surface area (Å²) >= 11 is 0. The lowest BCUT2D eigenvalue weighted by Crippen LogP contribution is -2.51. The van der Waals surface area contributed by atoms with Gasteiger partial charge < -0.3 is 19.4 Å². The Morgan fingerprint density at radius 3 is 2.24 bits per heavy atom. The van der Waals surface area contributed by atoms with Crippen LogP contribution in [0.15, 0.2) is 54.2 Å². The van der Waals surface area contributed by atoms with Crippen molar-refractivity contribution in [3.63, 3.8) is 0 Å². The quantitative estimate of drug-likeness (QED) is 0.296. The average Bonchev–Trinajstić information content (AvgIpc) is 3.56. The molecule has 0 saturated carbocycles. The van der Waals surface area contributed by atoms with E-state index < -0.39 is 41.5 Å². The molecule has 2 aromatic carbocycles. The minimum Gasteiger partial charge on any atom is -0.456 e. The van der Waals surface area contributed by atoms with Gasteiger partial charge in [0.15, 0.2) is 0 Å². The number of hydrogen-bond acceptors (Lipinski definition) is 4. The van der Waals surface area contributed by atoms with E-state index in [1.807, 2.05) is 31.2 Å². The first-order valence-electron chi connectivity index (χ1n) is 13.7. The molecular formula is C30H31F6N3O3. The maximum Gasteiger partial charge on any atom is 0.416 e. The number of halogens is 6. The van der Waals surface area contributed by atoms with Gasteiger partial charge in [-0.25, -0.2) is 9.59 Å². The highest BCUT2D eigenvalue weighted by molar-refractivity contribution is 5.85. The van der Waals surface area contributed by atoms with Crippen LogP contribution in [0.5, 0.6) is 0 Å². The number of rotatable bonds is 4. The van der Waals surface area contributed by atoms with E-state index in [0.717, 1.165) is 16.8 Å². The zero-order valence-corrected chi connectivity index (χ0v) is 23.3. The zero-order chi connectivity index (χ0) is 30.6. The molecule has 0 aromatic heterocycles. The van der Waals surface area contributed by atoms with Crippen LogP contribution in [0, 0.1) is 18.8 Å². The summed E-state index contributed by atoms with van der Waals surface area (Å²) in [6, 6.07) is 7.11. The Morgan fingerprint density at radius 1 is 1.02 bits per heavy atom. The van der Waals surface area contributed by atoms with Crippen LogP contribution in [0.3, 0.4) is 0 Å². The van der Waals surface area contributed by atoms with Crippen LogP contribution in [-0.4, -0.2) is 60.0 Å². The number of cyclic esters (lactones) is 1. The Bertz CT molecular complexity index is 1370. The van der Waals surface area contributed by atoms with E-state index in [-0.39, 0.29) is 36.1 Å². The third kappa shape index (κ3) is 5.67. The Kier molecular flexibility index (Phi) is 7.69. The molecule has 0 spiro atoms. The van der Waals surface area contributed by atoms with Crippen LogP contribution in [0.4, 0.5) is 31.1 Å². The van der Waals surface area contributed by atoms with Gasteiger partial charge in [0, 0.05) is 38.7 Å². The first-order valence-corrected chi connectivity index (χ1v) is 13.7. The van der Waals surface area contributed by atoms with E-state index in [4.69, 9.17) is 4.74 Å². The molecule has 3 heterocycles. The molecule has 226 valence electrons. The van der Waals surface area contributed by atoms with Gasteiger partial charge in [-0.2, -0.15) is 26.3 Å². The van der Waals surface area contributed by atoms with Gasteiger partial charge >= 0.3 is 24.4 Å². The Morgan fingerprint density at radius 2 is 1.67 bits per heavy atom. The zero-order valence-electron chi connectivity index (χ0n) is 23.3. The Labute approximate surface area is 239 Å². The molecule has 5 rings (SSSR count). The normalized spacial score (nSPS) is 23.4. The number of aryl methyl sites for hydroxylation is 1. The Balaban J connectivity index is 1.47. The van der Waals surface area contributed by atoms with Crippen molar-refractivity contribution in [1.29, 1.82) is 0 Å². The predicted octanol–water partition coefficient (Wildman–Crippen LogP) is 6.58. The predicted molar refractivity (Wildman–Crippen MR) is 141 cm³/mol. The third-order valence-electron chi connectivity index (χ3n) is 8.75. The van der Waals surface area contributed by atoms with E-state index in [1.54, 1.807) is 4.90 Å². The van der Waals surface area contributed by atoms with E-state index in [1.165, 1.54) is 24.9 Å². The van der Waals surface area contributed by atoms with E-state index in [0.29, 0.717) is 38.2 Å². The number of ether oxygens (including phenoxy) is 1. The number of benzene rings is 2. The molecular weight excluding hydrogens is 564 g/mol. The lowest BCUT2D eigenvalue weighted by Gasteiger charge is -2.45. The average molecular weight is 596 g/mol. The maximum absolute atomic E-state index is 14.1. The molecule has 3 aliphatic heterocycles. The van der Waals surface area contributed by atoms with Gasteiger partial charge in [-0.05, 0) is 61.1 Å². The number of piperidine rings is 1. The molecule has 0 unspecified atom stereocenters. The summed E-state index contributed by atoms with van der Waals surface area (Å²) in [7, 11) is 1.40. The minimum absolute atomic E-state index is 0.0190. The first-order chi connectivity index (χ1) is 19.6. The maximum atomic E-state index is 14.1. The molecule has 12 heteroatoms. The lowest BCUT2D eigenvalue weighted by atomic mass is 9.78. The minimum atomic E-state index is -4.99. The van der Waals surface area contributed by atoms with Gasteiger partial charge in [0.05, 0.1) is 28.9 Å². The number of alkyl halides is 6. The van der Waals surface area contributed by atoms with Crippen molar-refractivity contribution in [2.24, 2.45) is 11.8 Å². The van der Waals surface area contributed by atoms with Gasteiger partial charge in [0.2, 0.25) is 0 Å². The number of amides is 2. The van der Waals surface area contributed by atoms with Crippen molar-refractivity contribution >= 4 is 12.0 Å². The van der Waals surface area contributed by atoms with Crippen molar-refractivity contribution in [2.75, 3.05) is 33.3 Å². The van der Waals surface area contributed by atoms with E-state index in [9.17, 15) is 35.9 Å². The van der Waals surface area contributed by atoms with E-state index >= 15 is 0 Å². The summed E-state index contributed by atoms with van der Waals surface area (Å²) < 4.78 is 86.2. The second kappa shape index (κ2) is 10.9. The second-order valence-corrected chi connectivity index (χ2v) is 11.3. The van der Waals surface area contributed by atoms with Crippen molar-refractivity contribution in [1.82, 2.24) is 14.7 Å². The summed E-state index contributed by atoms with van der Waals surface area (Å²) in [6.07, 6.45) is -7.85. The number of hydrogen-bond donors (Lipinski definition) is 0. The summed E-state index contributed by atoms with van der Waals surface area (Å²) in [4.78, 5) is 30.8. The molecule has 2 fully saturated rings. The number of carbonyl (C=O) groups is 2. The van der Waals surface area contributed by atoms with Crippen molar-refractivity contribution in [2.45, 2.75) is 44.7 Å². The highest BCUT2D eigenvalue weighted by atomic mass is 19.4. The van der Waals surface area contributed by atoms with Gasteiger partial charge in [0.25, 0.3) is 0 Å². The SMILES string of the molecule is Cc1ccccc1[C@H]1[C@@H]2CN(C3=CC(=O)OC3)C[C@H]2CCN1C(=O)N(C)[C@H](C)c1cc(C(F)(F)F)cc(C(F)(F)F)c1. The lowest BCUT2D eigenvalue weighted by molar-refractivity contribution is -0.143. The number of esters is 1. The van der Waals surface area contributed by atoms with Crippen LogP contribution in [0.2, 0.25) is 0 Å². The van der Waals surface area contributed by atoms with Crippen LogP contribution >= 0.6 is 0 Å². The largest absolute Gasteiger partial charge is 0.456 e. The number of fused-ring (bicyclic) bond motifs is 1. The molecule has 42 heavy (non-hydrogen) atoms. The molecule has 0 bridgehead atoms. The second-order valence-electron chi connectivity index (χ2n) is 11.3. The van der Waals surface area contributed by atoms with Gasteiger partial charge in [-0.3, -0.25) is 0 Å². The van der Waals surface area contributed by atoms with Crippen molar-refractivity contribution < 1.29 is 40.7 Å². The van der Waals surface area contributed by atoms with Crippen molar-refractivity contribution in [3.05, 3.63) is 82.1 Å². The number of likely N-dealkylation sites (tertiary alicyclic amines) is 2. The van der Waals surface area contributed by atoms with Gasteiger partial charge in [0.1, 0.15) is 6.61 Å². The van der Waals surface area contributed by atoms with Crippen LogP contribution < -0.4 is 0 Å². The smallest absolute Gasteiger partial charge is 0.416 e. The Hall–Kier alpha value is -3.70. The van der Waals surface area contributed by atoms with E-state index in [2.05, 4.69) is 4.90 Å². The standard InChI is InChI=1S/C30H31F6N3O3/c1-17-6-4-5-7-24(17)27-25-15-38(23-13-26(40)42-16-23)14-19(25)8-9-39(27)28(41)37(3)18(2)20-10-21(29(31,32)33)12-22(11-20)30(34,35)36/h4-7,10-13,18-19,25,27H,8-9,14-16H2,1-3H3/t18-,19-,25-,27+/m1/s1.